The minimum absolute atomic E-state index is 0.116. The molecule has 0 radical (unpaired) electrons. The maximum atomic E-state index is 12.2. The molecule has 0 spiro atoms. The van der Waals surface area contributed by atoms with Crippen LogP contribution in [0.5, 0.6) is 0 Å². The van der Waals surface area contributed by atoms with Crippen molar-refractivity contribution in [2.45, 2.75) is 19.1 Å². The number of hydrogen-bond acceptors (Lipinski definition) is 5. The minimum atomic E-state index is -0.355. The van der Waals surface area contributed by atoms with Crippen LogP contribution in [-0.2, 0) is 4.74 Å². The van der Waals surface area contributed by atoms with Gasteiger partial charge in [0.1, 0.15) is 11.8 Å². The SMILES string of the molecule is CC1CN(C(=O)c2ccc(C#N)cn2)CC(CO)O1. The van der Waals surface area contributed by atoms with Crippen molar-refractivity contribution in [1.82, 2.24) is 9.88 Å². The largest absolute Gasteiger partial charge is 0.394 e. The summed E-state index contributed by atoms with van der Waals surface area (Å²) in [5, 5.41) is 17.8. The molecule has 1 N–H and O–H groups in total. The van der Waals surface area contributed by atoms with E-state index in [1.807, 2.05) is 13.0 Å². The number of nitrogens with zero attached hydrogens (tertiary/aromatic N) is 3. The molecule has 1 fully saturated rings. The Morgan fingerprint density at radius 1 is 1.63 bits per heavy atom. The van der Waals surface area contributed by atoms with Crippen LogP contribution in [0.25, 0.3) is 0 Å². The lowest BCUT2D eigenvalue weighted by molar-refractivity contribution is -0.0859. The molecule has 0 bridgehead atoms. The van der Waals surface area contributed by atoms with Crippen molar-refractivity contribution in [3.8, 4) is 6.07 Å². The third kappa shape index (κ3) is 3.08. The van der Waals surface area contributed by atoms with Crippen LogP contribution in [0, 0.1) is 11.3 Å². The summed E-state index contributed by atoms with van der Waals surface area (Å²) in [6.45, 7) is 2.56. The number of amides is 1. The molecule has 1 saturated heterocycles. The number of ether oxygens (including phenoxy) is 1. The lowest BCUT2D eigenvalue weighted by Crippen LogP contribution is -2.50. The first kappa shape index (κ1) is 13.5. The standard InChI is InChI=1S/C13H15N3O3/c1-9-6-16(7-11(8-17)19-9)13(18)12-3-2-10(4-14)5-15-12/h2-3,5,9,11,17H,6-8H2,1H3. The summed E-state index contributed by atoms with van der Waals surface area (Å²) in [5.74, 6) is -0.210. The number of carbonyl (C=O) groups is 1. The number of nitriles is 1. The topological polar surface area (TPSA) is 86.5 Å². The lowest BCUT2D eigenvalue weighted by atomic mass is 10.2. The number of aliphatic hydroxyl groups is 1. The van der Waals surface area contributed by atoms with E-state index in [-0.39, 0.29) is 24.7 Å². The zero-order valence-corrected chi connectivity index (χ0v) is 10.6. The molecule has 19 heavy (non-hydrogen) atoms. The number of hydrogen-bond donors (Lipinski definition) is 1. The Morgan fingerprint density at radius 2 is 2.42 bits per heavy atom. The van der Waals surface area contributed by atoms with Gasteiger partial charge in [-0.25, -0.2) is 4.98 Å². The summed E-state index contributed by atoms with van der Waals surface area (Å²) in [5.41, 5.74) is 0.713. The van der Waals surface area contributed by atoms with Gasteiger partial charge in [0.25, 0.3) is 5.91 Å². The van der Waals surface area contributed by atoms with Gasteiger partial charge in [0.15, 0.2) is 0 Å². The molecule has 1 aromatic rings. The first-order chi connectivity index (χ1) is 9.13. The van der Waals surface area contributed by atoms with Gasteiger partial charge >= 0.3 is 0 Å². The Kier molecular flexibility index (Phi) is 4.10. The number of morpholine rings is 1. The molecule has 1 amide bonds. The number of pyridine rings is 1. The van der Waals surface area contributed by atoms with Gasteiger partial charge in [-0.05, 0) is 19.1 Å². The van der Waals surface area contributed by atoms with Crippen LogP contribution >= 0.6 is 0 Å². The first-order valence-electron chi connectivity index (χ1n) is 6.05. The highest BCUT2D eigenvalue weighted by atomic mass is 16.5. The molecule has 6 heteroatoms. The van der Waals surface area contributed by atoms with Crippen LogP contribution in [0.2, 0.25) is 0 Å². The zero-order chi connectivity index (χ0) is 13.8. The smallest absolute Gasteiger partial charge is 0.272 e. The molecule has 1 aliphatic heterocycles. The van der Waals surface area contributed by atoms with Gasteiger partial charge in [0, 0.05) is 19.3 Å². The number of carbonyl (C=O) groups excluding carboxylic acids is 1. The Balaban J connectivity index is 2.11. The normalized spacial score (nSPS) is 22.9. The second-order valence-corrected chi connectivity index (χ2v) is 4.51. The van der Waals surface area contributed by atoms with Crippen molar-refractivity contribution in [1.29, 1.82) is 5.26 Å². The van der Waals surface area contributed by atoms with Crippen molar-refractivity contribution in [3.63, 3.8) is 0 Å². The number of rotatable bonds is 2. The molecule has 0 aliphatic carbocycles. The minimum Gasteiger partial charge on any atom is -0.394 e. The zero-order valence-electron chi connectivity index (χ0n) is 10.6. The second kappa shape index (κ2) is 5.78. The fourth-order valence-electron chi connectivity index (χ4n) is 2.06. The van der Waals surface area contributed by atoms with Crippen molar-refractivity contribution in [2.24, 2.45) is 0 Å². The van der Waals surface area contributed by atoms with E-state index in [0.29, 0.717) is 24.3 Å². The Bertz CT molecular complexity index is 495. The van der Waals surface area contributed by atoms with Gasteiger partial charge in [0.2, 0.25) is 0 Å². The molecule has 0 aromatic carbocycles. The van der Waals surface area contributed by atoms with Crippen molar-refractivity contribution >= 4 is 5.91 Å². The van der Waals surface area contributed by atoms with Gasteiger partial charge < -0.3 is 14.7 Å². The monoisotopic (exact) mass is 261 g/mol. The quantitative estimate of drug-likeness (QED) is 0.820. The fourth-order valence-corrected chi connectivity index (χ4v) is 2.06. The van der Waals surface area contributed by atoms with E-state index in [1.165, 1.54) is 12.3 Å². The highest BCUT2D eigenvalue weighted by molar-refractivity contribution is 5.92. The third-order valence-electron chi connectivity index (χ3n) is 2.93. The number of aromatic nitrogens is 1. The van der Waals surface area contributed by atoms with Gasteiger partial charge in [-0.15, -0.1) is 0 Å². The number of aliphatic hydroxyl groups excluding tert-OH is 1. The molecule has 0 saturated carbocycles. The van der Waals surface area contributed by atoms with E-state index >= 15 is 0 Å². The second-order valence-electron chi connectivity index (χ2n) is 4.51. The van der Waals surface area contributed by atoms with E-state index in [2.05, 4.69) is 4.98 Å². The average molecular weight is 261 g/mol. The van der Waals surface area contributed by atoms with Crippen LogP contribution in [0.1, 0.15) is 23.0 Å². The van der Waals surface area contributed by atoms with Crippen molar-refractivity contribution in [3.05, 3.63) is 29.6 Å². The summed E-state index contributed by atoms with van der Waals surface area (Å²) >= 11 is 0. The van der Waals surface area contributed by atoms with E-state index < -0.39 is 0 Å². The third-order valence-corrected chi connectivity index (χ3v) is 2.93. The first-order valence-corrected chi connectivity index (χ1v) is 6.05. The summed E-state index contributed by atoms with van der Waals surface area (Å²) < 4.78 is 5.48. The molecular formula is C13H15N3O3. The highest BCUT2D eigenvalue weighted by Gasteiger charge is 2.28. The van der Waals surface area contributed by atoms with Gasteiger partial charge in [0.05, 0.1) is 24.4 Å². The van der Waals surface area contributed by atoms with Gasteiger partial charge in [-0.1, -0.05) is 0 Å². The lowest BCUT2D eigenvalue weighted by Gasteiger charge is -2.35. The predicted molar refractivity (Wildman–Crippen MR) is 66.3 cm³/mol. The molecule has 1 aromatic heterocycles. The molecule has 2 heterocycles. The van der Waals surface area contributed by atoms with Gasteiger partial charge in [-0.2, -0.15) is 5.26 Å². The van der Waals surface area contributed by atoms with Crippen LogP contribution in [0.15, 0.2) is 18.3 Å². The predicted octanol–water partition coefficient (Wildman–Crippen LogP) is 0.175. The molecule has 1 aliphatic rings. The molecule has 2 unspecified atom stereocenters. The maximum absolute atomic E-state index is 12.2. The van der Waals surface area contributed by atoms with E-state index in [9.17, 15) is 4.79 Å². The van der Waals surface area contributed by atoms with E-state index in [1.54, 1.807) is 11.0 Å². The van der Waals surface area contributed by atoms with Crippen LogP contribution < -0.4 is 0 Å². The molecule has 2 rings (SSSR count). The van der Waals surface area contributed by atoms with Crippen LogP contribution in [0.4, 0.5) is 0 Å². The van der Waals surface area contributed by atoms with Crippen LogP contribution in [0.3, 0.4) is 0 Å². The summed E-state index contributed by atoms with van der Waals surface area (Å²) in [6, 6.07) is 5.06. The van der Waals surface area contributed by atoms with Crippen molar-refractivity contribution in [2.75, 3.05) is 19.7 Å². The van der Waals surface area contributed by atoms with E-state index in [0.717, 1.165) is 0 Å². The van der Waals surface area contributed by atoms with Gasteiger partial charge in [-0.3, -0.25) is 4.79 Å². The van der Waals surface area contributed by atoms with Crippen molar-refractivity contribution < 1.29 is 14.6 Å². The summed E-state index contributed by atoms with van der Waals surface area (Å²) in [7, 11) is 0. The Hall–Kier alpha value is -1.97. The summed E-state index contributed by atoms with van der Waals surface area (Å²) in [6.07, 6.45) is 0.903. The molecule has 2 atom stereocenters. The highest BCUT2D eigenvalue weighted by Crippen LogP contribution is 2.13. The van der Waals surface area contributed by atoms with Crippen LogP contribution in [-0.4, -0.2) is 52.8 Å². The Labute approximate surface area is 111 Å². The molecule has 6 nitrogen and oxygen atoms in total. The molecule has 100 valence electrons. The summed E-state index contributed by atoms with van der Waals surface area (Å²) in [4.78, 5) is 17.8. The average Bonchev–Trinajstić information content (AvgIpc) is 2.46. The fraction of sp³-hybridized carbons (Fsp3) is 0.462. The Morgan fingerprint density at radius 3 is 3.00 bits per heavy atom. The van der Waals surface area contributed by atoms with E-state index in [4.69, 9.17) is 15.1 Å². The maximum Gasteiger partial charge on any atom is 0.272 e. The molecular weight excluding hydrogens is 246 g/mol.